The molecule has 0 bridgehead atoms. The Kier molecular flexibility index (Phi) is 16.2. The van der Waals surface area contributed by atoms with Crippen LogP contribution >= 0.6 is 0 Å². The number of fused-ring (bicyclic) bond motifs is 12. The van der Waals surface area contributed by atoms with Crippen molar-refractivity contribution in [2.24, 2.45) is 0 Å². The fraction of sp³-hybridized carbons (Fsp3) is 0.0189. The summed E-state index contributed by atoms with van der Waals surface area (Å²) in [4.78, 5) is 30.7. The molecule has 0 saturated heterocycles. The van der Waals surface area contributed by atoms with E-state index in [-0.39, 0.29) is 0 Å². The van der Waals surface area contributed by atoms with E-state index in [2.05, 4.69) is 314 Å². The lowest BCUT2D eigenvalue weighted by molar-refractivity contribution is 0.927. The normalized spacial score (nSPS) is 11.6. The molecule has 0 aliphatic rings. The molecule has 12 heteroatoms. The number of rotatable bonds is 13. The Bertz CT molecular complexity index is 7870. The van der Waals surface area contributed by atoms with Gasteiger partial charge >= 0.3 is 0 Å². The van der Waals surface area contributed by atoms with E-state index in [0.717, 1.165) is 160 Å². The largest absolute Gasteiger partial charge is 0.308 e. The van der Waals surface area contributed by atoms with E-state index in [1.807, 2.05) is 98.8 Å². The van der Waals surface area contributed by atoms with Gasteiger partial charge in [-0.3, -0.25) is 0 Å². The molecule has 6 heterocycles. The lowest BCUT2D eigenvalue weighted by atomic mass is 9.99. The van der Waals surface area contributed by atoms with Gasteiger partial charge in [-0.05, 0) is 167 Å². The van der Waals surface area contributed by atoms with Gasteiger partial charge in [0.2, 0.25) is 0 Å². The average Bonchev–Trinajstić information content (AvgIpc) is 1.55. The van der Waals surface area contributed by atoms with E-state index in [9.17, 15) is 10.5 Å². The minimum atomic E-state index is 0.444. The number of para-hydroxylation sites is 2. The van der Waals surface area contributed by atoms with Crippen molar-refractivity contribution >= 4 is 87.2 Å². The molecule has 118 heavy (non-hydrogen) atoms. The third-order valence-corrected chi connectivity index (χ3v) is 23.1. The molecular formula is C106H66N12. The van der Waals surface area contributed by atoms with Gasteiger partial charge < -0.3 is 18.3 Å². The van der Waals surface area contributed by atoms with Gasteiger partial charge in [-0.15, -0.1) is 0 Å². The Morgan fingerprint density at radius 3 is 0.771 bits per heavy atom. The Hall–Kier alpha value is -16.3. The van der Waals surface area contributed by atoms with Crippen LogP contribution in [0, 0.1) is 36.5 Å². The number of aromatic nitrogens is 10. The first kappa shape index (κ1) is 68.5. The molecule has 0 aliphatic heterocycles. The number of nitrogens with zero attached hydrogens (tertiary/aromatic N) is 12. The number of nitriles is 2. The van der Waals surface area contributed by atoms with Crippen molar-refractivity contribution in [1.82, 2.24) is 48.2 Å². The second kappa shape index (κ2) is 27.8. The van der Waals surface area contributed by atoms with Crippen LogP contribution in [0.15, 0.2) is 364 Å². The van der Waals surface area contributed by atoms with E-state index in [1.54, 1.807) is 0 Å². The van der Waals surface area contributed by atoms with Crippen molar-refractivity contribution in [3.63, 3.8) is 0 Å². The molecule has 0 saturated carbocycles. The molecule has 0 aliphatic carbocycles. The summed E-state index contributed by atoms with van der Waals surface area (Å²) in [6.45, 7) is 3.79. The molecule has 0 N–H and O–H groups in total. The van der Waals surface area contributed by atoms with E-state index < -0.39 is 0 Å². The molecule has 0 fully saturated rings. The Morgan fingerprint density at radius 1 is 0.186 bits per heavy atom. The van der Waals surface area contributed by atoms with Crippen LogP contribution in [0.4, 0.5) is 0 Å². The summed E-state index contributed by atoms with van der Waals surface area (Å²) in [5, 5.41) is 32.8. The van der Waals surface area contributed by atoms with Crippen molar-refractivity contribution < 1.29 is 0 Å². The average molecular weight is 1510 g/mol. The second-order valence-electron chi connectivity index (χ2n) is 30.0. The summed E-state index contributed by atoms with van der Waals surface area (Å²) in [6, 6.07) is 133. The first-order valence-electron chi connectivity index (χ1n) is 39.4. The van der Waals surface area contributed by atoms with Gasteiger partial charge in [0, 0.05) is 65.3 Å². The highest BCUT2D eigenvalue weighted by molar-refractivity contribution is 6.16. The van der Waals surface area contributed by atoms with Gasteiger partial charge in [0.25, 0.3) is 0 Å². The fourth-order valence-electron chi connectivity index (χ4n) is 17.7. The zero-order valence-electron chi connectivity index (χ0n) is 64.0. The van der Waals surface area contributed by atoms with Gasteiger partial charge in [0.1, 0.15) is 34.9 Å². The molecule has 22 aromatic rings. The third kappa shape index (κ3) is 11.4. The van der Waals surface area contributed by atoms with Gasteiger partial charge in [0.15, 0.2) is 23.3 Å². The van der Waals surface area contributed by atoms with Crippen LogP contribution in [0.2, 0.25) is 0 Å². The third-order valence-electron chi connectivity index (χ3n) is 23.1. The van der Waals surface area contributed by atoms with Gasteiger partial charge in [0.05, 0.1) is 66.9 Å². The first-order chi connectivity index (χ1) is 58.2. The summed E-state index contributed by atoms with van der Waals surface area (Å²) in [6.07, 6.45) is 0. The number of hydrogen-bond acceptors (Lipinski definition) is 8. The molecule has 16 aromatic carbocycles. The maximum atomic E-state index is 12.4. The lowest BCUT2D eigenvalue weighted by Crippen LogP contribution is -2.07. The lowest BCUT2D eigenvalue weighted by Gasteiger charge is -2.18. The maximum absolute atomic E-state index is 12.4. The molecule has 22 rings (SSSR count). The zero-order chi connectivity index (χ0) is 78.6. The smallest absolute Gasteiger partial charge is 0.164 e. The van der Waals surface area contributed by atoms with E-state index in [4.69, 9.17) is 24.9 Å². The molecule has 12 nitrogen and oxygen atoms in total. The van der Waals surface area contributed by atoms with Gasteiger partial charge in [-0.2, -0.15) is 10.5 Å². The van der Waals surface area contributed by atoms with E-state index in [1.165, 1.54) is 0 Å². The summed E-state index contributed by atoms with van der Waals surface area (Å²) in [5.41, 5.74) is 24.6. The summed E-state index contributed by atoms with van der Waals surface area (Å²) < 4.78 is 9.05. The second-order valence-corrected chi connectivity index (χ2v) is 30.0. The van der Waals surface area contributed by atoms with Gasteiger partial charge in [-0.25, -0.2) is 29.9 Å². The first-order valence-corrected chi connectivity index (χ1v) is 39.4. The maximum Gasteiger partial charge on any atom is 0.164 e. The number of benzene rings is 16. The predicted molar refractivity (Wildman–Crippen MR) is 478 cm³/mol. The van der Waals surface area contributed by atoms with Crippen LogP contribution < -0.4 is 0 Å². The molecular weight excluding hydrogens is 1440 g/mol. The van der Waals surface area contributed by atoms with Crippen molar-refractivity contribution in [2.45, 2.75) is 13.8 Å². The van der Waals surface area contributed by atoms with Crippen LogP contribution in [0.1, 0.15) is 22.8 Å². The van der Waals surface area contributed by atoms with E-state index in [0.29, 0.717) is 74.4 Å². The molecule has 0 unspecified atom stereocenters. The fourth-order valence-corrected chi connectivity index (χ4v) is 17.7. The highest BCUT2D eigenvalue weighted by Gasteiger charge is 2.29. The summed E-state index contributed by atoms with van der Waals surface area (Å²) in [5.74, 6) is 3.16. The summed E-state index contributed by atoms with van der Waals surface area (Å²) in [7, 11) is 0. The molecule has 0 spiro atoms. The van der Waals surface area contributed by atoms with Crippen molar-refractivity contribution in [1.29, 1.82) is 10.5 Å². The molecule has 0 radical (unpaired) electrons. The molecule has 550 valence electrons. The zero-order valence-corrected chi connectivity index (χ0v) is 64.0. The van der Waals surface area contributed by atoms with Crippen LogP contribution in [0.3, 0.4) is 0 Å². The minimum Gasteiger partial charge on any atom is -0.308 e. The Balaban J connectivity index is 0.788. The number of aryl methyl sites for hydroxylation is 2. The minimum absolute atomic E-state index is 0.444. The van der Waals surface area contributed by atoms with Crippen LogP contribution in [-0.2, 0) is 0 Å². The SMILES string of the molecule is Cc1nc(C)nc(-c2cc(-n3c4ccccc4c4ccc(-c5ccccc5)cc43)c(C#N)c(-n3c4ccc(-c5ccc6c(c5)c5cc(-c7ccccc7)ccc5n6-c5cc(-c6nc(-c7ccccc7)nc(-c7ccccc7)n6)cc(-n6c7ccccc7c7cc(-c8ccccc8)ccc76)c5C#N)cc4c4ccc(-c5ccccc5)cc43)c2)n1. The molecule has 0 atom stereocenters. The Labute approximate surface area is 678 Å². The van der Waals surface area contributed by atoms with Crippen molar-refractivity contribution in [3.05, 3.63) is 387 Å². The van der Waals surface area contributed by atoms with Crippen LogP contribution in [-0.4, -0.2) is 48.2 Å². The van der Waals surface area contributed by atoms with Crippen LogP contribution in [0.5, 0.6) is 0 Å². The van der Waals surface area contributed by atoms with Crippen molar-refractivity contribution in [2.75, 3.05) is 0 Å². The standard InChI is InChI=1S/C106H66N12/c1-65-109-66(2)111-105(110-65)79-59-101(117-91-39-23-21-37-81(91)83-47-41-77(57-97(83)117)69-29-13-5-14-30-69)90(64-108)102(60-79)118-94-51-45-75(55-86(94)84-48-42-78(58-98(84)118)70-31-15-6-16-32-70)76-46-52-96-88(56-76)87-54-74(68-27-11-4-12-28-68)44-50-95(87)116(96)100-62-80(106-113-103(71-33-17-7-18-34-71)112-104(114-106)72-35-19-8-20-36-72)61-99(89(100)63-107)115-92-40-24-22-38-82(92)85-53-73(43-49-93(85)115)67-25-9-3-10-26-67/h3-62H,1-2H3. The predicted octanol–water partition coefficient (Wildman–Crippen LogP) is 25.8. The molecule has 6 aromatic heterocycles. The van der Waals surface area contributed by atoms with Crippen LogP contribution in [0.25, 0.3) is 211 Å². The van der Waals surface area contributed by atoms with Gasteiger partial charge in [-0.1, -0.05) is 267 Å². The highest BCUT2D eigenvalue weighted by Crippen LogP contribution is 2.47. The van der Waals surface area contributed by atoms with E-state index >= 15 is 0 Å². The Morgan fingerprint density at radius 2 is 0.424 bits per heavy atom. The topological polar surface area (TPSA) is 145 Å². The molecule has 0 amide bonds. The summed E-state index contributed by atoms with van der Waals surface area (Å²) >= 11 is 0. The monoisotopic (exact) mass is 1510 g/mol. The van der Waals surface area contributed by atoms with Crippen molar-refractivity contribution in [3.8, 4) is 136 Å². The number of hydrogen-bond donors (Lipinski definition) is 0. The quantitative estimate of drug-likeness (QED) is 0.111. The highest BCUT2D eigenvalue weighted by atomic mass is 15.1.